The van der Waals surface area contributed by atoms with Crippen molar-refractivity contribution >= 4 is 5.91 Å². The first-order chi connectivity index (χ1) is 8.65. The standard InChI is InChI=1S/C13H22N4O/c1-10-12(9-15-16(10)2)13(18)17-8-4-6-11(17)5-3-7-14/h9,11H,3-8,14H2,1-2H3. The van der Waals surface area contributed by atoms with Crippen LogP contribution in [0.1, 0.15) is 41.7 Å². The monoisotopic (exact) mass is 250 g/mol. The zero-order chi connectivity index (χ0) is 13.1. The van der Waals surface area contributed by atoms with Crippen LogP contribution in [-0.2, 0) is 7.05 Å². The Balaban J connectivity index is 2.10. The van der Waals surface area contributed by atoms with Crippen LogP contribution >= 0.6 is 0 Å². The number of hydrogen-bond acceptors (Lipinski definition) is 3. The highest BCUT2D eigenvalue weighted by atomic mass is 16.2. The maximum atomic E-state index is 12.5. The SMILES string of the molecule is Cc1c(C(=O)N2CCCC2CCCN)cnn1C. The minimum absolute atomic E-state index is 0.125. The van der Waals surface area contributed by atoms with Gasteiger partial charge in [-0.15, -0.1) is 0 Å². The third-order valence-corrected chi connectivity index (χ3v) is 3.85. The van der Waals surface area contributed by atoms with Crippen molar-refractivity contribution in [1.29, 1.82) is 0 Å². The molecule has 1 amide bonds. The third-order valence-electron chi connectivity index (χ3n) is 3.85. The summed E-state index contributed by atoms with van der Waals surface area (Å²) in [5.41, 5.74) is 7.22. The molecule has 5 nitrogen and oxygen atoms in total. The summed E-state index contributed by atoms with van der Waals surface area (Å²) in [7, 11) is 1.86. The Hall–Kier alpha value is -1.36. The smallest absolute Gasteiger partial charge is 0.257 e. The summed E-state index contributed by atoms with van der Waals surface area (Å²) in [6.07, 6.45) is 5.88. The van der Waals surface area contributed by atoms with Gasteiger partial charge >= 0.3 is 0 Å². The van der Waals surface area contributed by atoms with E-state index in [2.05, 4.69) is 5.10 Å². The van der Waals surface area contributed by atoms with E-state index in [9.17, 15) is 4.79 Å². The Kier molecular flexibility index (Phi) is 4.01. The molecule has 0 saturated carbocycles. The predicted octanol–water partition coefficient (Wildman–Crippen LogP) is 1.07. The van der Waals surface area contributed by atoms with Crippen LogP contribution in [0.3, 0.4) is 0 Å². The number of likely N-dealkylation sites (tertiary alicyclic amines) is 1. The van der Waals surface area contributed by atoms with Crippen LogP contribution in [0.4, 0.5) is 0 Å². The Morgan fingerprint density at radius 1 is 1.61 bits per heavy atom. The molecule has 5 heteroatoms. The molecule has 1 fully saturated rings. The summed E-state index contributed by atoms with van der Waals surface area (Å²) in [6, 6.07) is 0.362. The zero-order valence-electron chi connectivity index (χ0n) is 11.2. The van der Waals surface area contributed by atoms with Crippen LogP contribution in [-0.4, -0.2) is 39.7 Å². The topological polar surface area (TPSA) is 64.2 Å². The first-order valence-electron chi connectivity index (χ1n) is 6.64. The lowest BCUT2D eigenvalue weighted by Crippen LogP contribution is -2.36. The molecule has 1 unspecified atom stereocenters. The summed E-state index contributed by atoms with van der Waals surface area (Å²) < 4.78 is 1.75. The van der Waals surface area contributed by atoms with Crippen molar-refractivity contribution in [1.82, 2.24) is 14.7 Å². The number of nitrogens with zero attached hydrogens (tertiary/aromatic N) is 3. The maximum absolute atomic E-state index is 12.5. The minimum Gasteiger partial charge on any atom is -0.336 e. The number of nitrogens with two attached hydrogens (primary N) is 1. The average molecular weight is 250 g/mol. The van der Waals surface area contributed by atoms with Gasteiger partial charge in [-0.05, 0) is 39.2 Å². The van der Waals surface area contributed by atoms with E-state index in [4.69, 9.17) is 5.73 Å². The van der Waals surface area contributed by atoms with E-state index < -0.39 is 0 Å². The molecule has 1 aromatic rings. The number of carbonyl (C=O) groups is 1. The van der Waals surface area contributed by atoms with Crippen molar-refractivity contribution in [3.63, 3.8) is 0 Å². The fourth-order valence-corrected chi connectivity index (χ4v) is 2.62. The van der Waals surface area contributed by atoms with Crippen LogP contribution in [0.15, 0.2) is 6.20 Å². The Morgan fingerprint density at radius 2 is 2.39 bits per heavy atom. The number of amides is 1. The molecular weight excluding hydrogens is 228 g/mol. The summed E-state index contributed by atoms with van der Waals surface area (Å²) in [4.78, 5) is 14.5. The van der Waals surface area contributed by atoms with Crippen LogP contribution in [0, 0.1) is 6.92 Å². The molecule has 0 aliphatic carbocycles. The van der Waals surface area contributed by atoms with Crippen molar-refractivity contribution < 1.29 is 4.79 Å². The number of carbonyl (C=O) groups excluding carboxylic acids is 1. The molecule has 1 saturated heterocycles. The third kappa shape index (κ3) is 2.41. The van der Waals surface area contributed by atoms with Gasteiger partial charge in [0.05, 0.1) is 11.8 Å². The molecule has 1 atom stereocenters. The van der Waals surface area contributed by atoms with Gasteiger partial charge in [-0.25, -0.2) is 0 Å². The number of rotatable bonds is 4. The quantitative estimate of drug-likeness (QED) is 0.869. The molecule has 1 aliphatic rings. The van der Waals surface area contributed by atoms with Crippen molar-refractivity contribution in [3.8, 4) is 0 Å². The number of aromatic nitrogens is 2. The average Bonchev–Trinajstić information content (AvgIpc) is 2.95. The normalized spacial score (nSPS) is 19.5. The Morgan fingerprint density at radius 3 is 3.00 bits per heavy atom. The lowest BCUT2D eigenvalue weighted by molar-refractivity contribution is 0.0728. The molecule has 0 aromatic carbocycles. The fourth-order valence-electron chi connectivity index (χ4n) is 2.62. The molecule has 0 radical (unpaired) electrons. The zero-order valence-corrected chi connectivity index (χ0v) is 11.2. The van der Waals surface area contributed by atoms with E-state index in [1.54, 1.807) is 10.9 Å². The molecule has 1 aromatic heterocycles. The predicted molar refractivity (Wildman–Crippen MR) is 70.3 cm³/mol. The van der Waals surface area contributed by atoms with Gasteiger partial charge in [0.2, 0.25) is 0 Å². The summed E-state index contributed by atoms with van der Waals surface area (Å²) >= 11 is 0. The first kappa shape index (κ1) is 13.1. The fraction of sp³-hybridized carbons (Fsp3) is 0.692. The molecule has 0 bridgehead atoms. The van der Waals surface area contributed by atoms with E-state index >= 15 is 0 Å². The lowest BCUT2D eigenvalue weighted by Gasteiger charge is -2.24. The summed E-state index contributed by atoms with van der Waals surface area (Å²) in [5.74, 6) is 0.125. The highest BCUT2D eigenvalue weighted by Gasteiger charge is 2.30. The van der Waals surface area contributed by atoms with Gasteiger partial charge in [0.25, 0.3) is 5.91 Å². The molecule has 2 rings (SSSR count). The lowest BCUT2D eigenvalue weighted by atomic mass is 10.1. The second kappa shape index (κ2) is 5.52. The largest absolute Gasteiger partial charge is 0.336 e. The van der Waals surface area contributed by atoms with E-state index in [1.165, 1.54) is 0 Å². The van der Waals surface area contributed by atoms with Crippen LogP contribution in [0.25, 0.3) is 0 Å². The molecular formula is C13H22N4O. The number of hydrogen-bond donors (Lipinski definition) is 1. The van der Waals surface area contributed by atoms with Crippen LogP contribution in [0.5, 0.6) is 0 Å². The van der Waals surface area contributed by atoms with E-state index in [0.717, 1.165) is 43.5 Å². The highest BCUT2D eigenvalue weighted by Crippen LogP contribution is 2.24. The second-order valence-corrected chi connectivity index (χ2v) is 4.99. The maximum Gasteiger partial charge on any atom is 0.257 e. The Bertz CT molecular complexity index is 427. The van der Waals surface area contributed by atoms with E-state index in [0.29, 0.717) is 12.6 Å². The van der Waals surface area contributed by atoms with Crippen molar-refractivity contribution in [2.24, 2.45) is 12.8 Å². The molecule has 100 valence electrons. The minimum atomic E-state index is 0.125. The van der Waals surface area contributed by atoms with E-state index in [1.807, 2.05) is 18.9 Å². The number of aryl methyl sites for hydroxylation is 1. The molecule has 1 aliphatic heterocycles. The molecule has 2 heterocycles. The first-order valence-corrected chi connectivity index (χ1v) is 6.64. The van der Waals surface area contributed by atoms with Gasteiger partial charge in [-0.2, -0.15) is 5.10 Å². The van der Waals surface area contributed by atoms with Gasteiger partial charge in [-0.3, -0.25) is 9.48 Å². The molecule has 0 spiro atoms. The second-order valence-electron chi connectivity index (χ2n) is 4.99. The van der Waals surface area contributed by atoms with Gasteiger partial charge < -0.3 is 10.6 Å². The van der Waals surface area contributed by atoms with E-state index in [-0.39, 0.29) is 5.91 Å². The summed E-state index contributed by atoms with van der Waals surface area (Å²) in [6.45, 7) is 3.50. The van der Waals surface area contributed by atoms with Crippen molar-refractivity contribution in [2.45, 2.75) is 38.6 Å². The van der Waals surface area contributed by atoms with Crippen LogP contribution < -0.4 is 5.73 Å². The Labute approximate surface area is 108 Å². The molecule has 2 N–H and O–H groups in total. The molecule has 18 heavy (non-hydrogen) atoms. The van der Waals surface area contributed by atoms with Crippen molar-refractivity contribution in [2.75, 3.05) is 13.1 Å². The van der Waals surface area contributed by atoms with Gasteiger partial charge in [0.15, 0.2) is 0 Å². The summed E-state index contributed by atoms with van der Waals surface area (Å²) in [5, 5.41) is 4.14. The van der Waals surface area contributed by atoms with Gasteiger partial charge in [-0.1, -0.05) is 0 Å². The van der Waals surface area contributed by atoms with Gasteiger partial charge in [0.1, 0.15) is 0 Å². The van der Waals surface area contributed by atoms with Crippen molar-refractivity contribution in [3.05, 3.63) is 17.5 Å². The van der Waals surface area contributed by atoms with Crippen LogP contribution in [0.2, 0.25) is 0 Å². The van der Waals surface area contributed by atoms with Gasteiger partial charge in [0, 0.05) is 25.3 Å². The highest BCUT2D eigenvalue weighted by molar-refractivity contribution is 5.95.